The summed E-state index contributed by atoms with van der Waals surface area (Å²) in [6.07, 6.45) is -4.63. The van der Waals surface area contributed by atoms with E-state index in [-0.39, 0.29) is 31.6 Å². The number of hydrogen-bond acceptors (Lipinski definition) is 1. The van der Waals surface area contributed by atoms with Crippen LogP contribution in [0.2, 0.25) is 0 Å². The Morgan fingerprint density at radius 1 is 1.25 bits per heavy atom. The number of ether oxygens (including phenoxy) is 1. The second kappa shape index (κ2) is 4.64. The maximum absolute atomic E-state index is 11.5. The van der Waals surface area contributed by atoms with Gasteiger partial charge < -0.3 is 4.74 Å². The first-order valence-corrected chi connectivity index (χ1v) is 2.80. The maximum atomic E-state index is 11.5. The minimum absolute atomic E-state index is 0. The van der Waals surface area contributed by atoms with Crippen molar-refractivity contribution in [2.45, 2.75) is 6.36 Å². The summed E-state index contributed by atoms with van der Waals surface area (Å²) in [5.41, 5.74) is 0. The third-order valence-electron chi connectivity index (χ3n) is 0.906. The quantitative estimate of drug-likeness (QED) is 0.641. The predicted octanol–water partition coefficient (Wildman–Crippen LogP) is 2.38. The van der Waals surface area contributed by atoms with Crippen molar-refractivity contribution in [3.05, 3.63) is 30.3 Å². The number of hydrogen-bond donors (Lipinski definition) is 0. The third kappa shape index (κ3) is 4.54. The summed E-state index contributed by atoms with van der Waals surface area (Å²) in [6, 6.07) is 7.82. The molecular weight excluding hydrogens is 202 g/mol. The van der Waals surface area contributed by atoms with Crippen LogP contribution < -0.4 is 4.74 Å². The van der Waals surface area contributed by atoms with E-state index in [1.165, 1.54) is 18.2 Å². The van der Waals surface area contributed by atoms with E-state index in [4.69, 9.17) is 0 Å². The van der Waals surface area contributed by atoms with Crippen LogP contribution in [0.3, 0.4) is 0 Å². The zero-order valence-corrected chi connectivity index (χ0v) is 7.73. The first-order valence-electron chi connectivity index (χ1n) is 2.80. The van der Waals surface area contributed by atoms with Gasteiger partial charge >= 0.3 is 6.36 Å². The SMILES string of the molecule is FC(F)(F)Oc1[c-]cccc1.[Sc]. The molecule has 0 aliphatic carbocycles. The molecule has 1 radical (unpaired) electrons. The molecular formula is C7H4F3OSc-. The van der Waals surface area contributed by atoms with Crippen LogP contribution in [-0.4, -0.2) is 6.36 Å². The van der Waals surface area contributed by atoms with Gasteiger partial charge in [0.25, 0.3) is 0 Å². The molecule has 0 aromatic heterocycles. The van der Waals surface area contributed by atoms with Crippen LogP contribution in [-0.2, 0) is 25.8 Å². The molecule has 63 valence electrons. The fourth-order valence-electron chi connectivity index (χ4n) is 0.565. The molecule has 0 atom stereocenters. The maximum Gasteiger partial charge on any atom is 0.571 e. The van der Waals surface area contributed by atoms with Gasteiger partial charge in [0.1, 0.15) is 0 Å². The molecule has 0 saturated carbocycles. The Labute approximate surface area is 86.3 Å². The Kier molecular flexibility index (Phi) is 4.52. The molecule has 1 rings (SSSR count). The van der Waals surface area contributed by atoms with Crippen molar-refractivity contribution in [2.24, 2.45) is 0 Å². The zero-order valence-electron chi connectivity index (χ0n) is 5.93. The molecule has 0 heterocycles. The standard InChI is InChI=1S/C7H4F3O.Sc/c8-7(9,10)11-6-4-2-1-3-5-6;/h1-4H;/q-1;. The van der Waals surface area contributed by atoms with Crippen molar-refractivity contribution in [3.63, 3.8) is 0 Å². The molecule has 0 N–H and O–H groups in total. The van der Waals surface area contributed by atoms with E-state index in [9.17, 15) is 13.2 Å². The van der Waals surface area contributed by atoms with Crippen LogP contribution in [0.1, 0.15) is 0 Å². The first-order chi connectivity index (χ1) is 5.08. The Balaban J connectivity index is 0.00000121. The third-order valence-corrected chi connectivity index (χ3v) is 0.906. The van der Waals surface area contributed by atoms with Gasteiger partial charge in [-0.1, -0.05) is 0 Å². The molecule has 0 amide bonds. The van der Waals surface area contributed by atoms with Gasteiger partial charge in [0.2, 0.25) is 0 Å². The van der Waals surface area contributed by atoms with Crippen LogP contribution in [0.5, 0.6) is 5.75 Å². The summed E-state index contributed by atoms with van der Waals surface area (Å²) >= 11 is 0. The first kappa shape index (κ1) is 11.7. The van der Waals surface area contributed by atoms with E-state index in [1.54, 1.807) is 6.07 Å². The van der Waals surface area contributed by atoms with Gasteiger partial charge in [0, 0.05) is 31.6 Å². The minimum atomic E-state index is -4.63. The Morgan fingerprint density at radius 2 is 1.92 bits per heavy atom. The van der Waals surface area contributed by atoms with E-state index < -0.39 is 6.36 Å². The topological polar surface area (TPSA) is 9.23 Å². The van der Waals surface area contributed by atoms with Crippen LogP contribution in [0.25, 0.3) is 0 Å². The number of halogens is 3. The van der Waals surface area contributed by atoms with Crippen LogP contribution in [0.4, 0.5) is 13.2 Å². The van der Waals surface area contributed by atoms with Crippen LogP contribution >= 0.6 is 0 Å². The Hall–Kier alpha value is -0.320. The summed E-state index contributed by atoms with van der Waals surface area (Å²) in [5.74, 6) is -0.319. The largest absolute Gasteiger partial charge is 0.571 e. The summed E-state index contributed by atoms with van der Waals surface area (Å²) in [7, 11) is 0. The number of alkyl halides is 3. The number of para-hydroxylation sites is 1. The van der Waals surface area contributed by atoms with Crippen molar-refractivity contribution in [3.8, 4) is 5.75 Å². The number of benzene rings is 1. The normalized spacial score (nSPS) is 10.2. The summed E-state index contributed by atoms with van der Waals surface area (Å²) in [5, 5.41) is 0. The van der Waals surface area contributed by atoms with Crippen molar-refractivity contribution < 1.29 is 43.8 Å². The molecule has 12 heavy (non-hydrogen) atoms. The molecule has 5 heteroatoms. The molecule has 0 fully saturated rings. The fourth-order valence-corrected chi connectivity index (χ4v) is 0.565. The van der Waals surface area contributed by atoms with Gasteiger partial charge in [-0.2, -0.15) is 18.2 Å². The molecule has 0 saturated heterocycles. The van der Waals surface area contributed by atoms with Gasteiger partial charge in [-0.05, 0) is 0 Å². The summed E-state index contributed by atoms with van der Waals surface area (Å²) in [4.78, 5) is 0. The van der Waals surface area contributed by atoms with Gasteiger partial charge in [-0.25, -0.2) is 0 Å². The Bertz CT molecular complexity index is 222. The molecule has 0 spiro atoms. The van der Waals surface area contributed by atoms with E-state index in [0.717, 1.165) is 0 Å². The van der Waals surface area contributed by atoms with Crippen molar-refractivity contribution >= 4 is 0 Å². The van der Waals surface area contributed by atoms with E-state index in [0.29, 0.717) is 0 Å². The number of rotatable bonds is 1. The van der Waals surface area contributed by atoms with Gasteiger partial charge in [0.15, 0.2) is 0 Å². The van der Waals surface area contributed by atoms with Crippen LogP contribution in [0, 0.1) is 6.07 Å². The van der Waals surface area contributed by atoms with Crippen LogP contribution in [0.15, 0.2) is 24.3 Å². The van der Waals surface area contributed by atoms with Crippen molar-refractivity contribution in [1.29, 1.82) is 0 Å². The van der Waals surface area contributed by atoms with Gasteiger partial charge in [-0.3, -0.25) is 0 Å². The molecule has 1 aromatic carbocycles. The molecule has 0 aliphatic rings. The summed E-state index contributed by atoms with van der Waals surface area (Å²) in [6.45, 7) is 0. The monoisotopic (exact) mass is 206 g/mol. The smallest absolute Gasteiger partial charge is 0.433 e. The predicted molar refractivity (Wildman–Crippen MR) is 32.0 cm³/mol. The average molecular weight is 206 g/mol. The molecule has 0 bridgehead atoms. The van der Waals surface area contributed by atoms with Crippen molar-refractivity contribution in [2.75, 3.05) is 0 Å². The summed E-state index contributed by atoms with van der Waals surface area (Å²) < 4.78 is 38.0. The Morgan fingerprint density at radius 3 is 2.33 bits per heavy atom. The van der Waals surface area contributed by atoms with E-state index in [2.05, 4.69) is 10.8 Å². The average Bonchev–Trinajstić information content (AvgIpc) is 1.85. The second-order valence-electron chi connectivity index (χ2n) is 1.77. The van der Waals surface area contributed by atoms with E-state index >= 15 is 0 Å². The molecule has 1 nitrogen and oxygen atoms in total. The molecule has 0 unspecified atom stereocenters. The second-order valence-corrected chi connectivity index (χ2v) is 1.77. The zero-order chi connectivity index (χ0) is 8.32. The molecule has 1 aromatic rings. The van der Waals surface area contributed by atoms with E-state index in [1.807, 2.05) is 0 Å². The van der Waals surface area contributed by atoms with Gasteiger partial charge in [-0.15, -0.1) is 25.3 Å². The molecule has 0 aliphatic heterocycles. The fraction of sp³-hybridized carbons (Fsp3) is 0.143. The van der Waals surface area contributed by atoms with Crippen molar-refractivity contribution in [1.82, 2.24) is 0 Å². The van der Waals surface area contributed by atoms with Gasteiger partial charge in [0.05, 0.1) is 0 Å². The minimum Gasteiger partial charge on any atom is -0.433 e.